The second-order valence-electron chi connectivity index (χ2n) is 7.98. The van der Waals surface area contributed by atoms with Crippen LogP contribution in [-0.2, 0) is 16.0 Å². The number of allylic oxidation sites excluding steroid dienone is 1. The number of para-hydroxylation sites is 1. The Morgan fingerprint density at radius 1 is 1.11 bits per heavy atom. The molecule has 0 spiro atoms. The molecule has 1 heterocycles. The molecule has 0 aliphatic heterocycles. The van der Waals surface area contributed by atoms with Gasteiger partial charge in [0.15, 0.2) is 23.9 Å². The number of hydrogen-bond donors (Lipinski definition) is 0. The summed E-state index contributed by atoms with van der Waals surface area (Å²) in [7, 11) is 1.51. The predicted octanol–water partition coefficient (Wildman–Crippen LogP) is 4.62. The Bertz CT molecular complexity index is 1510. The monoisotopic (exact) mass is 497 g/mol. The minimum absolute atomic E-state index is 0.250. The van der Waals surface area contributed by atoms with Gasteiger partial charge < -0.3 is 14.2 Å². The summed E-state index contributed by atoms with van der Waals surface area (Å²) in [5.41, 5.74) is 2.47. The van der Waals surface area contributed by atoms with Gasteiger partial charge in [0.05, 0.1) is 30.8 Å². The Hall–Kier alpha value is -4.72. The molecule has 1 aromatic heterocycles. The van der Waals surface area contributed by atoms with Crippen LogP contribution in [0.1, 0.15) is 18.1 Å². The molecule has 0 amide bonds. The van der Waals surface area contributed by atoms with Crippen molar-refractivity contribution in [2.75, 3.05) is 20.3 Å². The van der Waals surface area contributed by atoms with Gasteiger partial charge >= 0.3 is 5.97 Å². The first-order valence-corrected chi connectivity index (χ1v) is 11.8. The molecule has 0 bridgehead atoms. The average molecular weight is 498 g/mol. The zero-order chi connectivity index (χ0) is 26.2. The summed E-state index contributed by atoms with van der Waals surface area (Å²) in [6, 6.07) is 20.2. The fourth-order valence-corrected chi connectivity index (χ4v) is 3.84. The first-order valence-electron chi connectivity index (χ1n) is 11.8. The van der Waals surface area contributed by atoms with E-state index in [0.29, 0.717) is 40.2 Å². The molecular weight excluding hydrogens is 470 g/mol. The van der Waals surface area contributed by atoms with E-state index in [1.807, 2.05) is 42.5 Å². The molecule has 4 aromatic rings. The van der Waals surface area contributed by atoms with Crippen LogP contribution < -0.4 is 15.0 Å². The maximum Gasteiger partial charge on any atom is 0.344 e. The molecule has 8 heteroatoms. The summed E-state index contributed by atoms with van der Waals surface area (Å²) in [5.74, 6) is 0.782. The smallest absolute Gasteiger partial charge is 0.344 e. The van der Waals surface area contributed by atoms with Crippen LogP contribution in [-0.4, -0.2) is 42.2 Å². The lowest BCUT2D eigenvalue weighted by Crippen LogP contribution is -2.20. The van der Waals surface area contributed by atoms with Gasteiger partial charge in [0.1, 0.15) is 0 Å². The third-order valence-corrected chi connectivity index (χ3v) is 5.49. The van der Waals surface area contributed by atoms with E-state index < -0.39 is 5.97 Å². The number of hydrogen-bond acceptors (Lipinski definition) is 7. The zero-order valence-corrected chi connectivity index (χ0v) is 20.7. The number of benzene rings is 3. The number of aromatic nitrogens is 2. The molecule has 37 heavy (non-hydrogen) atoms. The summed E-state index contributed by atoms with van der Waals surface area (Å²) < 4.78 is 17.5. The van der Waals surface area contributed by atoms with Crippen LogP contribution in [0.5, 0.6) is 11.5 Å². The summed E-state index contributed by atoms with van der Waals surface area (Å²) in [4.78, 5) is 29.9. The minimum Gasteiger partial charge on any atom is -0.493 e. The van der Waals surface area contributed by atoms with E-state index in [9.17, 15) is 9.59 Å². The predicted molar refractivity (Wildman–Crippen MR) is 143 cm³/mol. The van der Waals surface area contributed by atoms with Gasteiger partial charge in [0, 0.05) is 11.1 Å². The van der Waals surface area contributed by atoms with E-state index in [-0.39, 0.29) is 18.8 Å². The second-order valence-corrected chi connectivity index (χ2v) is 7.98. The highest BCUT2D eigenvalue weighted by Gasteiger charge is 2.16. The molecule has 3 aromatic carbocycles. The summed E-state index contributed by atoms with van der Waals surface area (Å²) in [5, 5.41) is 4.99. The maximum absolute atomic E-state index is 13.4. The van der Waals surface area contributed by atoms with E-state index in [1.165, 1.54) is 11.8 Å². The number of carbonyl (C=O) groups excluding carboxylic acids is 1. The third kappa shape index (κ3) is 5.75. The standard InChI is InChI=1S/C29H27N3O5/c1-4-11-22-16-20(17-25(35-3)27(22)37-19-26(33)36-5-2)18-30-32-28(21-12-7-6-8-13-21)31-24-15-10-9-14-23(24)29(32)34/h4,6-10,12-18H,1,5,11,19H2,2-3H3. The SMILES string of the molecule is C=CCc1cc(C=Nn2c(-c3ccccc3)nc3ccccc3c2=O)cc(OC)c1OCC(=O)OCC. The van der Waals surface area contributed by atoms with Gasteiger partial charge in [-0.1, -0.05) is 48.5 Å². The largest absolute Gasteiger partial charge is 0.493 e. The molecule has 0 radical (unpaired) electrons. The van der Waals surface area contributed by atoms with E-state index >= 15 is 0 Å². The van der Waals surface area contributed by atoms with Gasteiger partial charge in [-0.05, 0) is 43.2 Å². The van der Waals surface area contributed by atoms with Gasteiger partial charge in [-0.25, -0.2) is 9.78 Å². The molecule has 0 N–H and O–H groups in total. The van der Waals surface area contributed by atoms with Crippen molar-refractivity contribution in [3.05, 3.63) is 101 Å². The van der Waals surface area contributed by atoms with Gasteiger partial charge in [-0.2, -0.15) is 9.78 Å². The minimum atomic E-state index is -0.476. The number of nitrogens with zero attached hydrogens (tertiary/aromatic N) is 3. The van der Waals surface area contributed by atoms with E-state index in [1.54, 1.807) is 43.5 Å². The van der Waals surface area contributed by atoms with Crippen LogP contribution in [0.2, 0.25) is 0 Å². The molecule has 8 nitrogen and oxygen atoms in total. The van der Waals surface area contributed by atoms with E-state index in [2.05, 4.69) is 11.7 Å². The van der Waals surface area contributed by atoms with E-state index in [4.69, 9.17) is 19.2 Å². The lowest BCUT2D eigenvalue weighted by molar-refractivity contribution is -0.145. The highest BCUT2D eigenvalue weighted by Crippen LogP contribution is 2.33. The third-order valence-electron chi connectivity index (χ3n) is 5.49. The van der Waals surface area contributed by atoms with Crippen LogP contribution in [0, 0.1) is 0 Å². The van der Waals surface area contributed by atoms with Crippen LogP contribution in [0.3, 0.4) is 0 Å². The number of methoxy groups -OCH3 is 1. The Balaban J connectivity index is 1.79. The summed E-state index contributed by atoms with van der Waals surface area (Å²) in [6.07, 6.45) is 3.75. The summed E-state index contributed by atoms with van der Waals surface area (Å²) >= 11 is 0. The number of esters is 1. The number of carbonyl (C=O) groups is 1. The van der Waals surface area contributed by atoms with Crippen molar-refractivity contribution in [2.45, 2.75) is 13.3 Å². The lowest BCUT2D eigenvalue weighted by Gasteiger charge is -2.15. The fraction of sp³-hybridized carbons (Fsp3) is 0.172. The van der Waals surface area contributed by atoms with Crippen molar-refractivity contribution in [3.63, 3.8) is 0 Å². The molecule has 0 aliphatic carbocycles. The van der Waals surface area contributed by atoms with Crippen molar-refractivity contribution in [1.82, 2.24) is 9.66 Å². The van der Waals surface area contributed by atoms with Gasteiger partial charge in [0.25, 0.3) is 5.56 Å². The molecule has 0 atom stereocenters. The normalized spacial score (nSPS) is 11.0. The Labute approximate surface area is 214 Å². The van der Waals surface area contributed by atoms with Crippen molar-refractivity contribution in [3.8, 4) is 22.9 Å². The second kappa shape index (κ2) is 11.8. The number of ether oxygens (including phenoxy) is 3. The van der Waals surface area contributed by atoms with Crippen molar-refractivity contribution in [1.29, 1.82) is 0 Å². The van der Waals surface area contributed by atoms with Crippen molar-refractivity contribution < 1.29 is 19.0 Å². The van der Waals surface area contributed by atoms with Crippen LogP contribution >= 0.6 is 0 Å². The Morgan fingerprint density at radius 2 is 1.86 bits per heavy atom. The number of rotatable bonds is 10. The first kappa shape index (κ1) is 25.4. The Kier molecular flexibility index (Phi) is 8.10. The van der Waals surface area contributed by atoms with Crippen LogP contribution in [0.25, 0.3) is 22.3 Å². The lowest BCUT2D eigenvalue weighted by atomic mass is 10.1. The zero-order valence-electron chi connectivity index (χ0n) is 20.7. The maximum atomic E-state index is 13.4. The van der Waals surface area contributed by atoms with Crippen LogP contribution in [0.4, 0.5) is 0 Å². The quantitative estimate of drug-likeness (QED) is 0.180. The van der Waals surface area contributed by atoms with Crippen molar-refractivity contribution in [2.24, 2.45) is 5.10 Å². The van der Waals surface area contributed by atoms with Crippen molar-refractivity contribution >= 4 is 23.1 Å². The highest BCUT2D eigenvalue weighted by atomic mass is 16.6. The fourth-order valence-electron chi connectivity index (χ4n) is 3.84. The molecule has 0 saturated heterocycles. The molecule has 0 unspecified atom stereocenters. The molecule has 0 fully saturated rings. The van der Waals surface area contributed by atoms with Gasteiger partial charge in [-0.3, -0.25) is 4.79 Å². The van der Waals surface area contributed by atoms with Gasteiger partial charge in [0.2, 0.25) is 0 Å². The topological polar surface area (TPSA) is 92.0 Å². The molecule has 188 valence electrons. The number of fused-ring (bicyclic) bond motifs is 1. The molecule has 0 aliphatic rings. The Morgan fingerprint density at radius 3 is 2.59 bits per heavy atom. The average Bonchev–Trinajstić information content (AvgIpc) is 2.92. The van der Waals surface area contributed by atoms with E-state index in [0.717, 1.165) is 11.1 Å². The first-order chi connectivity index (χ1) is 18.0. The van der Waals surface area contributed by atoms with Crippen LogP contribution in [0.15, 0.2) is 89.3 Å². The molecule has 4 rings (SSSR count). The highest BCUT2D eigenvalue weighted by molar-refractivity contribution is 5.83. The van der Waals surface area contributed by atoms with Gasteiger partial charge in [-0.15, -0.1) is 6.58 Å². The molecule has 0 saturated carbocycles. The molecular formula is C29H27N3O5. The summed E-state index contributed by atoms with van der Waals surface area (Å²) in [6.45, 7) is 5.56.